The third-order valence-corrected chi connectivity index (χ3v) is 3.37. The van der Waals surface area contributed by atoms with Gasteiger partial charge in [-0.25, -0.2) is 0 Å². The summed E-state index contributed by atoms with van der Waals surface area (Å²) in [5.41, 5.74) is -1.43. The predicted octanol–water partition coefficient (Wildman–Crippen LogP) is -2.64. The molecule has 0 heterocycles. The summed E-state index contributed by atoms with van der Waals surface area (Å²) in [7, 11) is 0. The van der Waals surface area contributed by atoms with E-state index in [4.69, 9.17) is 10.2 Å². The molecule has 0 aliphatic heterocycles. The number of aliphatic hydroxyl groups excluding tert-OH is 5. The minimum Gasteiger partial charge on any atom is -0.394 e. The number of ketones is 2. The summed E-state index contributed by atoms with van der Waals surface area (Å²) in [6.07, 6.45) is 0.145. The van der Waals surface area contributed by atoms with Gasteiger partial charge in [-0.1, -0.05) is 18.2 Å². The van der Waals surface area contributed by atoms with Gasteiger partial charge < -0.3 is 30.6 Å². The Labute approximate surface area is 132 Å². The van der Waals surface area contributed by atoms with Gasteiger partial charge in [-0.2, -0.15) is 0 Å². The second-order valence-electron chi connectivity index (χ2n) is 5.22. The largest absolute Gasteiger partial charge is 0.394 e. The number of allylic oxidation sites excluding steroid dienone is 3. The van der Waals surface area contributed by atoms with Crippen LogP contribution in [0.2, 0.25) is 0 Å². The average molecular weight is 328 g/mol. The molecule has 8 nitrogen and oxygen atoms in total. The number of carbonyl (C=O) groups excluding carboxylic acids is 2. The molecule has 1 aliphatic carbocycles. The molecular formula is C15H20O8. The molecule has 0 radical (unpaired) electrons. The highest BCUT2D eigenvalue weighted by molar-refractivity contribution is 6.43. The van der Waals surface area contributed by atoms with Crippen LogP contribution in [0.3, 0.4) is 0 Å². The summed E-state index contributed by atoms with van der Waals surface area (Å²) in [6, 6.07) is 0. The van der Waals surface area contributed by atoms with Crippen LogP contribution in [0.4, 0.5) is 0 Å². The molecule has 1 unspecified atom stereocenters. The van der Waals surface area contributed by atoms with Gasteiger partial charge in [0.1, 0.15) is 30.0 Å². The van der Waals surface area contributed by atoms with E-state index in [-0.39, 0.29) is 6.42 Å². The van der Waals surface area contributed by atoms with Crippen molar-refractivity contribution in [2.24, 2.45) is 0 Å². The Morgan fingerprint density at radius 3 is 2.30 bits per heavy atom. The first-order chi connectivity index (χ1) is 10.7. The minimum absolute atomic E-state index is 0.202. The van der Waals surface area contributed by atoms with Crippen LogP contribution < -0.4 is 0 Å². The van der Waals surface area contributed by atoms with Gasteiger partial charge in [-0.3, -0.25) is 9.59 Å². The minimum atomic E-state index is -2.28. The lowest BCUT2D eigenvalue weighted by molar-refractivity contribution is -0.152. The summed E-state index contributed by atoms with van der Waals surface area (Å²) < 4.78 is 0. The first kappa shape index (κ1) is 19.4. The molecule has 8 heteroatoms. The van der Waals surface area contributed by atoms with Crippen molar-refractivity contribution in [1.82, 2.24) is 0 Å². The highest BCUT2D eigenvalue weighted by Gasteiger charge is 2.36. The third kappa shape index (κ3) is 5.17. The van der Waals surface area contributed by atoms with E-state index in [1.54, 1.807) is 18.2 Å². The number of aliphatic hydroxyl groups is 6. The average Bonchev–Trinajstić information content (AvgIpc) is 2.56. The Kier molecular flexibility index (Phi) is 6.95. The predicted molar refractivity (Wildman–Crippen MR) is 78.1 cm³/mol. The number of hydrogen-bond acceptors (Lipinski definition) is 8. The first-order valence-corrected chi connectivity index (χ1v) is 6.89. The molecule has 0 bridgehead atoms. The van der Waals surface area contributed by atoms with Crippen molar-refractivity contribution in [3.8, 4) is 0 Å². The van der Waals surface area contributed by atoms with Crippen LogP contribution in [0.25, 0.3) is 0 Å². The Bertz CT molecular complexity index is 524. The maximum absolute atomic E-state index is 11.7. The normalized spacial score (nSPS) is 26.0. The molecule has 1 rings (SSSR count). The van der Waals surface area contributed by atoms with E-state index in [2.05, 4.69) is 0 Å². The highest BCUT2D eigenvalue weighted by atomic mass is 16.4. The van der Waals surface area contributed by atoms with Gasteiger partial charge in [0.25, 0.3) is 0 Å². The van der Waals surface area contributed by atoms with Gasteiger partial charge >= 0.3 is 0 Å². The van der Waals surface area contributed by atoms with Gasteiger partial charge in [0.2, 0.25) is 11.6 Å². The highest BCUT2D eigenvalue weighted by Crippen LogP contribution is 2.19. The van der Waals surface area contributed by atoms with Crippen molar-refractivity contribution in [3.05, 3.63) is 36.5 Å². The van der Waals surface area contributed by atoms with Crippen LogP contribution in [0.5, 0.6) is 0 Å². The van der Waals surface area contributed by atoms with Crippen LogP contribution >= 0.6 is 0 Å². The molecule has 23 heavy (non-hydrogen) atoms. The zero-order valence-corrected chi connectivity index (χ0v) is 12.2. The lowest BCUT2D eigenvalue weighted by Gasteiger charge is -2.24. The van der Waals surface area contributed by atoms with Gasteiger partial charge in [0.05, 0.1) is 6.61 Å². The number of rotatable bonds is 8. The van der Waals surface area contributed by atoms with E-state index in [9.17, 15) is 30.0 Å². The molecule has 128 valence electrons. The third-order valence-electron chi connectivity index (χ3n) is 3.37. The summed E-state index contributed by atoms with van der Waals surface area (Å²) in [6.45, 7) is -0.903. The molecule has 0 aromatic heterocycles. The molecule has 0 aromatic rings. The van der Waals surface area contributed by atoms with E-state index in [1.165, 1.54) is 6.08 Å². The van der Waals surface area contributed by atoms with Crippen LogP contribution in [-0.4, -0.2) is 78.8 Å². The lowest BCUT2D eigenvalue weighted by atomic mass is 9.93. The Morgan fingerprint density at radius 1 is 1.13 bits per heavy atom. The molecule has 0 fully saturated rings. The van der Waals surface area contributed by atoms with Crippen molar-refractivity contribution in [2.75, 3.05) is 6.61 Å². The van der Waals surface area contributed by atoms with E-state index in [1.807, 2.05) is 0 Å². The van der Waals surface area contributed by atoms with Crippen LogP contribution in [0, 0.1) is 0 Å². The van der Waals surface area contributed by atoms with Gasteiger partial charge in [-0.05, 0) is 18.2 Å². The Morgan fingerprint density at radius 2 is 1.78 bits per heavy atom. The zero-order chi connectivity index (χ0) is 17.6. The number of hydrogen-bond donors (Lipinski definition) is 6. The standard InChI is InChI=1S/C15H20O8/c16-8-10(18)12(20)14(22)13(21)11(19)9(17)4-7-15(23)5-2-1-3-6-15/h1-5,7,10,12-14,16,18,20-23H,6,8H2/t10-,12-,13+,14+,15?/m1/s1. The summed E-state index contributed by atoms with van der Waals surface area (Å²) in [4.78, 5) is 23.4. The van der Waals surface area contributed by atoms with Crippen LogP contribution in [0.15, 0.2) is 36.5 Å². The van der Waals surface area contributed by atoms with Crippen molar-refractivity contribution in [2.45, 2.75) is 36.4 Å². The topological polar surface area (TPSA) is 156 Å². The fourth-order valence-electron chi connectivity index (χ4n) is 1.87. The quantitative estimate of drug-likeness (QED) is 0.209. The molecule has 1 aliphatic rings. The number of Topliss-reactive ketones (excluding diaryl/α,β-unsaturated/α-hetero) is 1. The van der Waals surface area contributed by atoms with E-state index in [0.717, 1.165) is 12.2 Å². The smallest absolute Gasteiger partial charge is 0.233 e. The van der Waals surface area contributed by atoms with Crippen LogP contribution in [-0.2, 0) is 9.59 Å². The van der Waals surface area contributed by atoms with Crippen molar-refractivity contribution in [3.63, 3.8) is 0 Å². The molecule has 0 aromatic carbocycles. The summed E-state index contributed by atoms with van der Waals surface area (Å²) in [5, 5.41) is 56.3. The molecule has 0 saturated heterocycles. The van der Waals surface area contributed by atoms with Crippen LogP contribution in [0.1, 0.15) is 6.42 Å². The first-order valence-electron chi connectivity index (χ1n) is 6.89. The van der Waals surface area contributed by atoms with Crippen molar-refractivity contribution in [1.29, 1.82) is 0 Å². The second kappa shape index (κ2) is 8.25. The maximum Gasteiger partial charge on any atom is 0.233 e. The van der Waals surface area contributed by atoms with Crippen molar-refractivity contribution >= 4 is 11.6 Å². The number of carbonyl (C=O) groups is 2. The molecule has 5 atom stereocenters. The lowest BCUT2D eigenvalue weighted by Crippen LogP contribution is -2.50. The van der Waals surface area contributed by atoms with E-state index < -0.39 is 48.2 Å². The summed E-state index contributed by atoms with van der Waals surface area (Å²) >= 11 is 0. The Hall–Kier alpha value is -1.68. The SMILES string of the molecule is O=C(C=CC1(O)C=CC=CC1)C(=O)[C@H](O)[C@@H](O)[C@H](O)[C@H](O)CO. The molecule has 0 amide bonds. The van der Waals surface area contributed by atoms with E-state index >= 15 is 0 Å². The fraction of sp³-hybridized carbons (Fsp3) is 0.467. The van der Waals surface area contributed by atoms with Gasteiger partial charge in [-0.15, -0.1) is 0 Å². The Balaban J connectivity index is 2.70. The molecular weight excluding hydrogens is 308 g/mol. The van der Waals surface area contributed by atoms with Crippen molar-refractivity contribution < 1.29 is 40.2 Å². The summed E-state index contributed by atoms with van der Waals surface area (Å²) in [5.74, 6) is -2.62. The second-order valence-corrected chi connectivity index (χ2v) is 5.22. The molecule has 0 spiro atoms. The zero-order valence-electron chi connectivity index (χ0n) is 12.2. The molecule has 0 saturated carbocycles. The fourth-order valence-corrected chi connectivity index (χ4v) is 1.87. The monoisotopic (exact) mass is 328 g/mol. The van der Waals surface area contributed by atoms with E-state index in [0.29, 0.717) is 0 Å². The van der Waals surface area contributed by atoms with Gasteiger partial charge in [0.15, 0.2) is 0 Å². The van der Waals surface area contributed by atoms with Gasteiger partial charge in [0, 0.05) is 6.42 Å². The maximum atomic E-state index is 11.7. The molecule has 6 N–H and O–H groups in total.